The zero-order valence-corrected chi connectivity index (χ0v) is 16.0. The number of hydrogen-bond acceptors (Lipinski definition) is 3. The van der Waals surface area contributed by atoms with Crippen molar-refractivity contribution in [3.8, 4) is 0 Å². The molecular formula is C20H28N4O3. The third-order valence-corrected chi connectivity index (χ3v) is 4.76. The average Bonchev–Trinajstić information content (AvgIpc) is 3.03. The number of carbonyl (C=O) groups is 3. The minimum absolute atomic E-state index is 0.181. The fraction of sp³-hybridized carbons (Fsp3) is 0.450. The van der Waals surface area contributed by atoms with Gasteiger partial charge in [-0.15, -0.1) is 0 Å². The van der Waals surface area contributed by atoms with Crippen molar-refractivity contribution >= 4 is 28.6 Å². The quantitative estimate of drug-likeness (QED) is 0.536. The lowest BCUT2D eigenvalue weighted by Gasteiger charge is -2.20. The molecular weight excluding hydrogens is 344 g/mol. The third kappa shape index (κ3) is 5.57. The van der Waals surface area contributed by atoms with Gasteiger partial charge in [-0.2, -0.15) is 0 Å². The average molecular weight is 372 g/mol. The van der Waals surface area contributed by atoms with E-state index in [4.69, 9.17) is 5.73 Å². The first kappa shape index (κ1) is 20.5. The molecule has 0 radical (unpaired) electrons. The van der Waals surface area contributed by atoms with Gasteiger partial charge in [0.25, 0.3) is 0 Å². The molecule has 7 nitrogen and oxygen atoms in total. The van der Waals surface area contributed by atoms with Crippen LogP contribution < -0.4 is 16.4 Å². The topological polar surface area (TPSA) is 117 Å². The second-order valence-corrected chi connectivity index (χ2v) is 7.03. The Kier molecular flexibility index (Phi) is 6.98. The van der Waals surface area contributed by atoms with Gasteiger partial charge in [0, 0.05) is 29.9 Å². The number of rotatable bonds is 9. The van der Waals surface area contributed by atoms with Gasteiger partial charge in [0.2, 0.25) is 17.7 Å². The van der Waals surface area contributed by atoms with Crippen LogP contribution in [0.3, 0.4) is 0 Å². The Morgan fingerprint density at radius 3 is 2.52 bits per heavy atom. The van der Waals surface area contributed by atoms with Crippen LogP contribution in [0.2, 0.25) is 0 Å². The molecule has 1 heterocycles. The molecule has 0 fully saturated rings. The number of aromatic nitrogens is 1. The van der Waals surface area contributed by atoms with Crippen molar-refractivity contribution in [2.24, 2.45) is 11.7 Å². The summed E-state index contributed by atoms with van der Waals surface area (Å²) in [5, 5.41) is 6.30. The van der Waals surface area contributed by atoms with E-state index >= 15 is 0 Å². The van der Waals surface area contributed by atoms with Crippen molar-refractivity contribution in [1.82, 2.24) is 15.6 Å². The van der Waals surface area contributed by atoms with Crippen LogP contribution in [0.1, 0.15) is 39.2 Å². The highest BCUT2D eigenvalue weighted by Crippen LogP contribution is 2.19. The number of H-pyrrole nitrogens is 1. The summed E-state index contributed by atoms with van der Waals surface area (Å²) in [6, 6.07) is 6.10. The van der Waals surface area contributed by atoms with E-state index in [9.17, 15) is 14.4 Å². The summed E-state index contributed by atoms with van der Waals surface area (Å²) >= 11 is 0. The predicted octanol–water partition coefficient (Wildman–Crippen LogP) is 1.62. The summed E-state index contributed by atoms with van der Waals surface area (Å²) in [5.41, 5.74) is 7.32. The minimum atomic E-state index is -0.856. The van der Waals surface area contributed by atoms with Crippen molar-refractivity contribution in [2.45, 2.75) is 52.1 Å². The van der Waals surface area contributed by atoms with Gasteiger partial charge in [0.15, 0.2) is 0 Å². The van der Waals surface area contributed by atoms with Gasteiger partial charge in [-0.25, -0.2) is 0 Å². The van der Waals surface area contributed by atoms with E-state index in [0.717, 1.165) is 22.9 Å². The van der Waals surface area contributed by atoms with Gasteiger partial charge < -0.3 is 21.4 Å². The monoisotopic (exact) mass is 372 g/mol. The van der Waals surface area contributed by atoms with Crippen molar-refractivity contribution < 1.29 is 14.4 Å². The molecule has 146 valence electrons. The number of carbonyl (C=O) groups excluding carboxylic acids is 3. The van der Waals surface area contributed by atoms with E-state index in [1.807, 2.05) is 44.3 Å². The molecule has 3 amide bonds. The summed E-state index contributed by atoms with van der Waals surface area (Å²) in [5.74, 6) is -0.984. The second-order valence-electron chi connectivity index (χ2n) is 7.03. The van der Waals surface area contributed by atoms with Gasteiger partial charge in [-0.1, -0.05) is 38.5 Å². The zero-order valence-electron chi connectivity index (χ0n) is 16.0. The van der Waals surface area contributed by atoms with Crippen LogP contribution in [0, 0.1) is 5.92 Å². The Morgan fingerprint density at radius 2 is 1.85 bits per heavy atom. The minimum Gasteiger partial charge on any atom is -0.368 e. The van der Waals surface area contributed by atoms with Gasteiger partial charge in [-0.05, 0) is 24.5 Å². The predicted molar refractivity (Wildman–Crippen MR) is 105 cm³/mol. The van der Waals surface area contributed by atoms with Gasteiger partial charge in [0.05, 0.1) is 0 Å². The van der Waals surface area contributed by atoms with Crippen molar-refractivity contribution in [2.75, 3.05) is 0 Å². The number of fused-ring (bicyclic) bond motifs is 1. The van der Waals surface area contributed by atoms with Crippen LogP contribution >= 0.6 is 0 Å². The normalized spacial score (nSPS) is 14.3. The van der Waals surface area contributed by atoms with E-state index in [0.29, 0.717) is 6.42 Å². The third-order valence-electron chi connectivity index (χ3n) is 4.76. The maximum Gasteiger partial charge on any atom is 0.242 e. The first-order valence-corrected chi connectivity index (χ1v) is 9.25. The van der Waals surface area contributed by atoms with Crippen LogP contribution in [0.15, 0.2) is 30.5 Å². The number of para-hydroxylation sites is 1. The second kappa shape index (κ2) is 9.21. The SMILES string of the molecule is CC[C@H](C)CC(=O)N[C@@H](C)C(=O)N[C@@H](Cc1c[nH]c2ccccc12)C(N)=O. The number of primary amides is 1. The molecule has 5 N–H and O–H groups in total. The Hall–Kier alpha value is -2.83. The van der Waals surface area contributed by atoms with E-state index in [1.54, 1.807) is 6.92 Å². The highest BCUT2D eigenvalue weighted by atomic mass is 16.2. The van der Waals surface area contributed by atoms with Crippen molar-refractivity contribution in [3.63, 3.8) is 0 Å². The lowest BCUT2D eigenvalue weighted by Crippen LogP contribution is -2.52. The van der Waals surface area contributed by atoms with Crippen LogP contribution in [0.4, 0.5) is 0 Å². The van der Waals surface area contributed by atoms with Crippen LogP contribution in [-0.4, -0.2) is 34.8 Å². The highest BCUT2D eigenvalue weighted by molar-refractivity contribution is 5.92. The number of benzene rings is 1. The lowest BCUT2D eigenvalue weighted by atomic mass is 10.0. The largest absolute Gasteiger partial charge is 0.368 e. The van der Waals surface area contributed by atoms with E-state index < -0.39 is 23.9 Å². The molecule has 0 spiro atoms. The summed E-state index contributed by atoms with van der Waals surface area (Å²) in [4.78, 5) is 39.3. The Morgan fingerprint density at radius 1 is 1.15 bits per heavy atom. The van der Waals surface area contributed by atoms with Gasteiger partial charge in [0.1, 0.15) is 12.1 Å². The molecule has 0 unspecified atom stereocenters. The molecule has 0 aliphatic carbocycles. The van der Waals surface area contributed by atoms with Crippen LogP contribution in [0.5, 0.6) is 0 Å². The molecule has 2 rings (SSSR count). The van der Waals surface area contributed by atoms with E-state index in [-0.39, 0.29) is 18.2 Å². The first-order valence-electron chi connectivity index (χ1n) is 9.25. The summed E-state index contributed by atoms with van der Waals surface area (Å²) in [6.45, 7) is 5.58. The summed E-state index contributed by atoms with van der Waals surface area (Å²) < 4.78 is 0. The maximum absolute atomic E-state index is 12.4. The Labute approximate surface area is 159 Å². The highest BCUT2D eigenvalue weighted by Gasteiger charge is 2.24. The lowest BCUT2D eigenvalue weighted by molar-refractivity contribution is -0.131. The Balaban J connectivity index is 1.99. The first-order chi connectivity index (χ1) is 12.8. The summed E-state index contributed by atoms with van der Waals surface area (Å²) in [7, 11) is 0. The smallest absolute Gasteiger partial charge is 0.242 e. The molecule has 27 heavy (non-hydrogen) atoms. The molecule has 0 aliphatic rings. The molecule has 0 aliphatic heterocycles. The Bertz CT molecular complexity index is 814. The molecule has 1 aromatic heterocycles. The number of nitrogens with two attached hydrogens (primary N) is 1. The molecule has 0 saturated carbocycles. The molecule has 3 atom stereocenters. The molecule has 2 aromatic rings. The fourth-order valence-electron chi connectivity index (χ4n) is 2.87. The van der Waals surface area contributed by atoms with Gasteiger partial charge in [-0.3, -0.25) is 14.4 Å². The molecule has 0 saturated heterocycles. The van der Waals surface area contributed by atoms with Crippen LogP contribution in [-0.2, 0) is 20.8 Å². The van der Waals surface area contributed by atoms with Crippen molar-refractivity contribution in [1.29, 1.82) is 0 Å². The maximum atomic E-state index is 12.4. The number of nitrogens with one attached hydrogen (secondary N) is 3. The molecule has 1 aromatic carbocycles. The number of amides is 3. The number of aromatic amines is 1. The molecule has 0 bridgehead atoms. The summed E-state index contributed by atoms with van der Waals surface area (Å²) in [6.07, 6.45) is 3.34. The standard InChI is InChI=1S/C20H28N4O3/c1-4-12(2)9-18(25)23-13(3)20(27)24-17(19(21)26)10-14-11-22-16-8-6-5-7-15(14)16/h5-8,11-13,17,22H,4,9-10H2,1-3H3,(H2,21,26)(H,23,25)(H,24,27)/t12-,13-,17-/m0/s1. The zero-order chi connectivity index (χ0) is 20.0. The van der Waals surface area contributed by atoms with Crippen molar-refractivity contribution in [3.05, 3.63) is 36.0 Å². The van der Waals surface area contributed by atoms with Crippen LogP contribution in [0.25, 0.3) is 10.9 Å². The van der Waals surface area contributed by atoms with E-state index in [2.05, 4.69) is 15.6 Å². The van der Waals surface area contributed by atoms with E-state index in [1.165, 1.54) is 0 Å². The van der Waals surface area contributed by atoms with Gasteiger partial charge >= 0.3 is 0 Å². The fourth-order valence-corrected chi connectivity index (χ4v) is 2.87. The molecule has 7 heteroatoms. The number of hydrogen-bond donors (Lipinski definition) is 4.